The third kappa shape index (κ3) is 3.16. The van der Waals surface area contributed by atoms with Crippen LogP contribution in [0.4, 0.5) is 5.95 Å². The van der Waals surface area contributed by atoms with Crippen LogP contribution >= 0.6 is 0 Å². The van der Waals surface area contributed by atoms with Crippen molar-refractivity contribution in [2.75, 3.05) is 18.9 Å². The fourth-order valence-electron chi connectivity index (χ4n) is 3.42. The second kappa shape index (κ2) is 6.90. The van der Waals surface area contributed by atoms with E-state index in [1.165, 1.54) is 0 Å². The molecule has 0 unspecified atom stereocenters. The summed E-state index contributed by atoms with van der Waals surface area (Å²) in [5.74, 6) is 0.151. The normalized spacial score (nSPS) is 21.2. The molecule has 1 saturated carbocycles. The van der Waals surface area contributed by atoms with Crippen molar-refractivity contribution in [3.8, 4) is 0 Å². The molecule has 3 N–H and O–H groups in total. The number of nitrogens with two attached hydrogens (primary N) is 1. The first-order valence-electron chi connectivity index (χ1n) is 8.18. The lowest BCUT2D eigenvalue weighted by molar-refractivity contribution is 0.00169. The van der Waals surface area contributed by atoms with Gasteiger partial charge in [-0.25, -0.2) is 4.98 Å². The summed E-state index contributed by atoms with van der Waals surface area (Å²) in [6, 6.07) is 1.63. The monoisotopic (exact) mass is 328 g/mol. The summed E-state index contributed by atoms with van der Waals surface area (Å²) < 4.78 is 7.25. The number of aryl methyl sites for hydroxylation is 1. The zero-order chi connectivity index (χ0) is 17.3. The number of hydrogen-bond acceptors (Lipinski definition) is 6. The van der Waals surface area contributed by atoms with Crippen molar-refractivity contribution in [2.24, 2.45) is 0 Å². The average molecular weight is 328 g/mol. The number of nitrogen functional groups attached to an aromatic ring is 1. The second-order valence-electron chi connectivity index (χ2n) is 6.20. The molecule has 0 spiro atoms. The highest BCUT2D eigenvalue weighted by Crippen LogP contribution is 2.31. The molecule has 0 bridgehead atoms. The number of aliphatic hydroxyl groups excluding tert-OH is 1. The van der Waals surface area contributed by atoms with E-state index in [9.17, 15) is 4.79 Å². The van der Waals surface area contributed by atoms with Crippen LogP contribution in [0.2, 0.25) is 0 Å². The third-order valence-electron chi connectivity index (χ3n) is 4.58. The van der Waals surface area contributed by atoms with E-state index in [1.54, 1.807) is 10.6 Å². The molecule has 1 aliphatic rings. The van der Waals surface area contributed by atoms with Crippen LogP contribution in [0.5, 0.6) is 0 Å². The molecule has 0 atom stereocenters. The van der Waals surface area contributed by atoms with Gasteiger partial charge in [0.1, 0.15) is 13.5 Å². The van der Waals surface area contributed by atoms with Gasteiger partial charge in [0.2, 0.25) is 11.5 Å². The molecule has 7 nitrogen and oxygen atoms in total. The summed E-state index contributed by atoms with van der Waals surface area (Å²) in [5.41, 5.74) is 6.98. The van der Waals surface area contributed by atoms with E-state index in [2.05, 4.69) is 9.97 Å². The first-order chi connectivity index (χ1) is 11.5. The molecule has 0 saturated heterocycles. The van der Waals surface area contributed by atoms with E-state index >= 15 is 0 Å². The predicted molar refractivity (Wildman–Crippen MR) is 92.7 cm³/mol. The highest BCUT2D eigenvalue weighted by Gasteiger charge is 2.25. The van der Waals surface area contributed by atoms with Gasteiger partial charge >= 0.3 is 0 Å². The maximum atomic E-state index is 12.6. The molecule has 3 rings (SSSR count). The van der Waals surface area contributed by atoms with Gasteiger partial charge in [-0.2, -0.15) is 4.98 Å². The Balaban J connectivity index is 1.98. The van der Waals surface area contributed by atoms with Crippen molar-refractivity contribution < 1.29 is 9.84 Å². The van der Waals surface area contributed by atoms with Crippen LogP contribution in [0.1, 0.15) is 37.4 Å². The molecule has 1 fully saturated rings. The van der Waals surface area contributed by atoms with E-state index in [-0.39, 0.29) is 35.7 Å². The number of anilines is 1. The number of hydrogen-bond donors (Lipinski definition) is 2. The van der Waals surface area contributed by atoms with Gasteiger partial charge < -0.3 is 15.6 Å². The van der Waals surface area contributed by atoms with Crippen LogP contribution in [-0.2, 0) is 4.74 Å². The molecule has 8 heteroatoms. The lowest BCUT2D eigenvalue weighted by atomic mass is 9.91. The Morgan fingerprint density at radius 1 is 1.38 bits per heavy atom. The molecule has 126 valence electrons. The predicted octanol–water partition coefficient (Wildman–Crippen LogP) is -0.0315. The van der Waals surface area contributed by atoms with Crippen molar-refractivity contribution in [3.05, 3.63) is 22.1 Å². The molecule has 0 amide bonds. The minimum absolute atomic E-state index is 0.00572. The molecular formula is C16H21BN4O3. The van der Waals surface area contributed by atoms with Crippen molar-refractivity contribution >= 4 is 30.3 Å². The Morgan fingerprint density at radius 3 is 2.75 bits per heavy atom. The van der Waals surface area contributed by atoms with Crippen LogP contribution in [0.3, 0.4) is 0 Å². The zero-order valence-corrected chi connectivity index (χ0v) is 13.7. The Morgan fingerprint density at radius 2 is 2.08 bits per heavy atom. The Bertz CT molecular complexity index is 800. The molecule has 2 radical (unpaired) electrons. The van der Waals surface area contributed by atoms with Gasteiger partial charge in [-0.15, -0.1) is 0 Å². The maximum absolute atomic E-state index is 12.6. The molecule has 24 heavy (non-hydrogen) atoms. The van der Waals surface area contributed by atoms with Gasteiger partial charge in [-0.3, -0.25) is 9.36 Å². The van der Waals surface area contributed by atoms with E-state index in [4.69, 9.17) is 23.4 Å². The van der Waals surface area contributed by atoms with Crippen molar-refractivity contribution in [3.63, 3.8) is 0 Å². The summed E-state index contributed by atoms with van der Waals surface area (Å²) in [5, 5.41) is 9.60. The Hall–Kier alpha value is -1.93. The summed E-state index contributed by atoms with van der Waals surface area (Å²) in [4.78, 5) is 21.1. The number of rotatable bonds is 4. The first kappa shape index (κ1) is 16.9. The first-order valence-corrected chi connectivity index (χ1v) is 8.18. The van der Waals surface area contributed by atoms with Crippen molar-refractivity contribution in [1.29, 1.82) is 0 Å². The third-order valence-corrected chi connectivity index (χ3v) is 4.58. The van der Waals surface area contributed by atoms with Crippen molar-refractivity contribution in [2.45, 2.75) is 44.8 Å². The van der Waals surface area contributed by atoms with E-state index in [1.807, 2.05) is 6.92 Å². The lowest BCUT2D eigenvalue weighted by Crippen LogP contribution is -2.39. The van der Waals surface area contributed by atoms with Gasteiger partial charge in [-0.05, 0) is 38.1 Å². The number of nitrogens with zero attached hydrogens (tertiary/aromatic N) is 3. The highest BCUT2D eigenvalue weighted by molar-refractivity contribution is 6.32. The minimum Gasteiger partial charge on any atom is -0.394 e. The van der Waals surface area contributed by atoms with Crippen molar-refractivity contribution in [1.82, 2.24) is 14.5 Å². The smallest absolute Gasteiger partial charge is 0.245 e. The number of fused-ring (bicyclic) bond motifs is 1. The number of ether oxygens (including phenoxy) is 1. The molecule has 1 aliphatic carbocycles. The standard InChI is InChI=1S/C16H21BN4O3/c1-9-12-8-13(17)15(23)21(14(12)20-16(18)19-9)10-2-4-11(5-3-10)24-7-6-22/h8,10-11,22H,2-7H2,1H3,(H2,18,19,20). The van der Waals surface area contributed by atoms with Crippen LogP contribution < -0.4 is 16.8 Å². The molecule has 2 heterocycles. The molecule has 0 aromatic carbocycles. The van der Waals surface area contributed by atoms with Gasteiger partial charge in [0.05, 0.1) is 25.0 Å². The number of aliphatic hydroxyl groups is 1. The van der Waals surface area contributed by atoms with Gasteiger partial charge in [0.15, 0.2) is 0 Å². The fourth-order valence-corrected chi connectivity index (χ4v) is 3.42. The minimum atomic E-state index is -0.236. The van der Waals surface area contributed by atoms with Crippen LogP contribution in [0.15, 0.2) is 10.9 Å². The largest absolute Gasteiger partial charge is 0.394 e. The zero-order valence-electron chi connectivity index (χ0n) is 13.7. The molecular weight excluding hydrogens is 307 g/mol. The number of pyridine rings is 1. The SMILES string of the molecule is [B]c1cc2c(C)nc(N)nc2n(C2CCC(OCCO)CC2)c1=O. The van der Waals surface area contributed by atoms with E-state index in [0.29, 0.717) is 17.9 Å². The maximum Gasteiger partial charge on any atom is 0.245 e. The topological polar surface area (TPSA) is 103 Å². The lowest BCUT2D eigenvalue weighted by Gasteiger charge is -2.30. The van der Waals surface area contributed by atoms with Crippen LogP contribution in [0.25, 0.3) is 11.0 Å². The van der Waals surface area contributed by atoms with Crippen LogP contribution in [-0.4, -0.2) is 46.8 Å². The van der Waals surface area contributed by atoms with E-state index in [0.717, 1.165) is 31.1 Å². The van der Waals surface area contributed by atoms with Gasteiger partial charge in [0, 0.05) is 11.4 Å². The molecule has 0 aliphatic heterocycles. The Labute approximate surface area is 141 Å². The highest BCUT2D eigenvalue weighted by atomic mass is 16.5. The van der Waals surface area contributed by atoms with Crippen LogP contribution in [0, 0.1) is 6.92 Å². The fraction of sp³-hybridized carbons (Fsp3) is 0.562. The summed E-state index contributed by atoms with van der Waals surface area (Å²) in [6.45, 7) is 2.20. The molecule has 2 aromatic heterocycles. The van der Waals surface area contributed by atoms with Gasteiger partial charge in [0.25, 0.3) is 0 Å². The summed E-state index contributed by atoms with van der Waals surface area (Å²) in [7, 11) is 5.92. The Kier molecular flexibility index (Phi) is 4.87. The summed E-state index contributed by atoms with van der Waals surface area (Å²) >= 11 is 0. The number of aromatic nitrogens is 3. The molecule has 2 aromatic rings. The summed E-state index contributed by atoms with van der Waals surface area (Å²) in [6.07, 6.45) is 3.35. The average Bonchev–Trinajstić information content (AvgIpc) is 2.56. The quantitative estimate of drug-likeness (QED) is 0.764. The van der Waals surface area contributed by atoms with Gasteiger partial charge in [-0.1, -0.05) is 6.07 Å². The van der Waals surface area contributed by atoms with E-state index < -0.39 is 0 Å². The second-order valence-corrected chi connectivity index (χ2v) is 6.20.